The van der Waals surface area contributed by atoms with E-state index in [0.29, 0.717) is 34.8 Å². The number of hydrogen-bond donors (Lipinski definition) is 0. The topological polar surface area (TPSA) is 48.7 Å². The Morgan fingerprint density at radius 2 is 1.82 bits per heavy atom. The fourth-order valence-corrected chi connectivity index (χ4v) is 3.21. The van der Waals surface area contributed by atoms with Crippen LogP contribution in [0.25, 0.3) is 11.0 Å². The van der Waals surface area contributed by atoms with Crippen LogP contribution < -0.4 is 9.47 Å². The third-order valence-corrected chi connectivity index (χ3v) is 4.97. The lowest BCUT2D eigenvalue weighted by atomic mass is 10.0. The summed E-state index contributed by atoms with van der Waals surface area (Å²) in [4.78, 5) is 13.0. The van der Waals surface area contributed by atoms with Crippen molar-refractivity contribution < 1.29 is 18.7 Å². The second-order valence-electron chi connectivity index (χ2n) is 6.28. The highest BCUT2D eigenvalue weighted by Gasteiger charge is 2.17. The fraction of sp³-hybridized carbons (Fsp3) is 0.0870. The summed E-state index contributed by atoms with van der Waals surface area (Å²) >= 11 is 3.42. The molecule has 5 heteroatoms. The molecule has 0 amide bonds. The fourth-order valence-electron chi connectivity index (χ4n) is 2.94. The molecule has 4 nitrogen and oxygen atoms in total. The molecule has 1 aromatic heterocycles. The molecule has 0 radical (unpaired) electrons. The van der Waals surface area contributed by atoms with Crippen molar-refractivity contribution in [2.45, 2.75) is 6.61 Å². The van der Waals surface area contributed by atoms with Crippen molar-refractivity contribution in [2.75, 3.05) is 7.11 Å². The first-order valence-corrected chi connectivity index (χ1v) is 9.50. The molecular weight excluding hydrogens is 420 g/mol. The van der Waals surface area contributed by atoms with E-state index in [2.05, 4.69) is 15.9 Å². The van der Waals surface area contributed by atoms with E-state index in [1.54, 1.807) is 31.4 Å². The number of ketones is 1. The van der Waals surface area contributed by atoms with E-state index in [9.17, 15) is 4.79 Å². The Morgan fingerprint density at radius 3 is 2.61 bits per heavy atom. The number of rotatable bonds is 6. The first-order valence-electron chi connectivity index (χ1n) is 8.71. The molecule has 0 aliphatic carbocycles. The Hall–Kier alpha value is -3.05. The van der Waals surface area contributed by atoms with Crippen molar-refractivity contribution in [2.24, 2.45) is 0 Å². The summed E-state index contributed by atoms with van der Waals surface area (Å²) in [5.74, 6) is 1.19. The lowest BCUT2D eigenvalue weighted by Crippen LogP contribution is -2.01. The number of furan rings is 1. The normalized spacial score (nSPS) is 10.8. The Kier molecular flexibility index (Phi) is 5.17. The monoisotopic (exact) mass is 436 g/mol. The van der Waals surface area contributed by atoms with Gasteiger partial charge in [-0.05, 0) is 48.0 Å². The molecule has 0 saturated heterocycles. The number of fused-ring (bicyclic) bond motifs is 1. The van der Waals surface area contributed by atoms with Crippen LogP contribution in [0.3, 0.4) is 0 Å². The molecule has 3 aromatic carbocycles. The molecule has 0 aliphatic rings. The van der Waals surface area contributed by atoms with E-state index in [0.717, 1.165) is 15.4 Å². The molecule has 4 rings (SSSR count). The van der Waals surface area contributed by atoms with E-state index in [-0.39, 0.29) is 5.78 Å². The minimum atomic E-state index is -0.122. The summed E-state index contributed by atoms with van der Waals surface area (Å²) in [6.07, 6.45) is 1.49. The highest BCUT2D eigenvalue weighted by molar-refractivity contribution is 9.10. The number of benzene rings is 3. The van der Waals surface area contributed by atoms with Crippen molar-refractivity contribution in [3.63, 3.8) is 0 Å². The summed E-state index contributed by atoms with van der Waals surface area (Å²) in [5, 5.41) is 0.723. The Labute approximate surface area is 170 Å². The maximum atomic E-state index is 13.0. The number of methoxy groups -OCH3 is 1. The van der Waals surface area contributed by atoms with Gasteiger partial charge in [-0.2, -0.15) is 0 Å². The van der Waals surface area contributed by atoms with Crippen LogP contribution in [0.15, 0.2) is 81.9 Å². The molecule has 4 aromatic rings. The zero-order chi connectivity index (χ0) is 19.5. The van der Waals surface area contributed by atoms with E-state index >= 15 is 0 Å². The summed E-state index contributed by atoms with van der Waals surface area (Å²) < 4.78 is 17.7. The zero-order valence-corrected chi connectivity index (χ0v) is 16.7. The summed E-state index contributed by atoms with van der Waals surface area (Å²) in [6, 6.07) is 20.5. The third kappa shape index (κ3) is 3.80. The van der Waals surface area contributed by atoms with E-state index in [1.165, 1.54) is 6.26 Å². The van der Waals surface area contributed by atoms with Gasteiger partial charge in [0.25, 0.3) is 0 Å². The number of halogens is 1. The summed E-state index contributed by atoms with van der Waals surface area (Å²) in [7, 11) is 1.58. The standard InChI is InChI=1S/C23H17BrO4/c1-26-18-4-2-3-16(11-18)23(25)21-14-28-22-10-9-19(12-20(21)22)27-13-15-5-7-17(24)8-6-15/h2-12,14H,13H2,1H3. The lowest BCUT2D eigenvalue weighted by molar-refractivity contribution is 0.103. The molecule has 0 bridgehead atoms. The van der Waals surface area contributed by atoms with Gasteiger partial charge in [0.1, 0.15) is 30.0 Å². The number of carbonyl (C=O) groups excluding carboxylic acids is 1. The van der Waals surface area contributed by atoms with Crippen molar-refractivity contribution >= 4 is 32.7 Å². The SMILES string of the molecule is COc1cccc(C(=O)c2coc3ccc(OCc4ccc(Br)cc4)cc23)c1. The smallest absolute Gasteiger partial charge is 0.197 e. The van der Waals surface area contributed by atoms with Crippen molar-refractivity contribution in [1.82, 2.24) is 0 Å². The number of hydrogen-bond acceptors (Lipinski definition) is 4. The minimum Gasteiger partial charge on any atom is -0.497 e. The van der Waals surface area contributed by atoms with Crippen LogP contribution in [0.5, 0.6) is 11.5 Å². The Morgan fingerprint density at radius 1 is 1.00 bits per heavy atom. The quantitative estimate of drug-likeness (QED) is 0.347. The van der Waals surface area contributed by atoms with E-state index in [1.807, 2.05) is 42.5 Å². The largest absolute Gasteiger partial charge is 0.497 e. The van der Waals surface area contributed by atoms with Crippen LogP contribution >= 0.6 is 15.9 Å². The molecule has 0 saturated carbocycles. The van der Waals surface area contributed by atoms with Crippen LogP contribution in [0.4, 0.5) is 0 Å². The van der Waals surface area contributed by atoms with Gasteiger partial charge in [-0.3, -0.25) is 4.79 Å². The first-order chi connectivity index (χ1) is 13.6. The predicted octanol–water partition coefficient (Wildman–Crippen LogP) is 6.01. The summed E-state index contributed by atoms with van der Waals surface area (Å²) in [5.41, 5.74) is 2.74. The molecule has 140 valence electrons. The van der Waals surface area contributed by atoms with E-state index < -0.39 is 0 Å². The molecule has 0 aliphatic heterocycles. The molecule has 0 spiro atoms. The molecule has 0 atom stereocenters. The van der Waals surface area contributed by atoms with E-state index in [4.69, 9.17) is 13.9 Å². The van der Waals surface area contributed by atoms with Crippen LogP contribution in [-0.2, 0) is 6.61 Å². The molecule has 1 heterocycles. The number of carbonyl (C=O) groups is 1. The molecule has 0 unspecified atom stereocenters. The van der Waals surface area contributed by atoms with Gasteiger partial charge in [-0.1, -0.05) is 40.2 Å². The van der Waals surface area contributed by atoms with Crippen LogP contribution in [-0.4, -0.2) is 12.9 Å². The van der Waals surface area contributed by atoms with Gasteiger partial charge in [-0.15, -0.1) is 0 Å². The molecule has 0 N–H and O–H groups in total. The van der Waals surface area contributed by atoms with Crippen LogP contribution in [0.2, 0.25) is 0 Å². The Bertz CT molecular complexity index is 1130. The maximum Gasteiger partial charge on any atom is 0.197 e. The predicted molar refractivity (Wildman–Crippen MR) is 111 cm³/mol. The second-order valence-corrected chi connectivity index (χ2v) is 7.20. The number of ether oxygens (including phenoxy) is 2. The zero-order valence-electron chi connectivity index (χ0n) is 15.1. The van der Waals surface area contributed by atoms with Gasteiger partial charge >= 0.3 is 0 Å². The Balaban J connectivity index is 1.60. The minimum absolute atomic E-state index is 0.122. The van der Waals surface area contributed by atoms with Crippen molar-refractivity contribution in [3.05, 3.63) is 94.2 Å². The lowest BCUT2D eigenvalue weighted by Gasteiger charge is -2.07. The molecule has 28 heavy (non-hydrogen) atoms. The summed E-state index contributed by atoms with van der Waals surface area (Å²) in [6.45, 7) is 0.440. The van der Waals surface area contributed by atoms with Gasteiger partial charge in [0, 0.05) is 15.4 Å². The highest BCUT2D eigenvalue weighted by atomic mass is 79.9. The first kappa shape index (κ1) is 18.3. The van der Waals surface area contributed by atoms with Crippen molar-refractivity contribution in [1.29, 1.82) is 0 Å². The third-order valence-electron chi connectivity index (χ3n) is 4.44. The van der Waals surface area contributed by atoms with Gasteiger partial charge in [0.2, 0.25) is 0 Å². The average Bonchev–Trinajstić information content (AvgIpc) is 3.16. The molecule has 0 fully saturated rings. The average molecular weight is 437 g/mol. The molecular formula is C23H17BrO4. The van der Waals surface area contributed by atoms with Crippen LogP contribution in [0.1, 0.15) is 21.5 Å². The van der Waals surface area contributed by atoms with Crippen molar-refractivity contribution in [3.8, 4) is 11.5 Å². The second kappa shape index (κ2) is 7.90. The highest BCUT2D eigenvalue weighted by Crippen LogP contribution is 2.29. The van der Waals surface area contributed by atoms with Crippen LogP contribution in [0, 0.1) is 0 Å². The van der Waals surface area contributed by atoms with Gasteiger partial charge in [-0.25, -0.2) is 0 Å². The maximum absolute atomic E-state index is 13.0. The van der Waals surface area contributed by atoms with Gasteiger partial charge < -0.3 is 13.9 Å². The van der Waals surface area contributed by atoms with Gasteiger partial charge in [0.05, 0.1) is 12.7 Å². The van der Waals surface area contributed by atoms with Gasteiger partial charge in [0.15, 0.2) is 5.78 Å².